The van der Waals surface area contributed by atoms with Gasteiger partial charge in [-0.15, -0.1) is 0 Å². The fourth-order valence-electron chi connectivity index (χ4n) is 3.02. The summed E-state index contributed by atoms with van der Waals surface area (Å²) in [6.45, 7) is 5.98. The molecule has 2 N–H and O–H groups in total. The van der Waals surface area contributed by atoms with Crippen LogP contribution in [0.1, 0.15) is 24.5 Å². The third kappa shape index (κ3) is 2.73. The van der Waals surface area contributed by atoms with Crippen LogP contribution in [-0.2, 0) is 13.0 Å². The Labute approximate surface area is 119 Å². The van der Waals surface area contributed by atoms with Crippen molar-refractivity contribution in [2.75, 3.05) is 19.7 Å². The van der Waals surface area contributed by atoms with E-state index in [2.05, 4.69) is 11.8 Å². The number of rotatable bonds is 2. The first-order chi connectivity index (χ1) is 9.13. The maximum Gasteiger partial charge on any atom is 0.127 e. The van der Waals surface area contributed by atoms with Gasteiger partial charge in [0.15, 0.2) is 0 Å². The van der Waals surface area contributed by atoms with Crippen LogP contribution < -0.4 is 10.5 Å². The van der Waals surface area contributed by atoms with Crippen molar-refractivity contribution in [3.8, 4) is 5.75 Å². The predicted octanol–water partition coefficient (Wildman–Crippen LogP) is 2.44. The van der Waals surface area contributed by atoms with Crippen LogP contribution in [0, 0.1) is 5.92 Å². The minimum Gasteiger partial charge on any atom is -0.493 e. The van der Waals surface area contributed by atoms with E-state index in [0.717, 1.165) is 43.4 Å². The van der Waals surface area contributed by atoms with Gasteiger partial charge in [-0.25, -0.2) is 0 Å². The molecule has 1 saturated heterocycles. The molecule has 2 atom stereocenters. The van der Waals surface area contributed by atoms with Gasteiger partial charge in [-0.05, 0) is 36.6 Å². The SMILES string of the molecule is CC1CCN(Cc2cc(Cl)cc3c2OCC3)CC1N. The van der Waals surface area contributed by atoms with Crippen molar-refractivity contribution in [2.45, 2.75) is 32.4 Å². The summed E-state index contributed by atoms with van der Waals surface area (Å²) < 4.78 is 5.76. The summed E-state index contributed by atoms with van der Waals surface area (Å²) in [6.07, 6.45) is 2.14. The molecule has 104 valence electrons. The molecule has 0 saturated carbocycles. The summed E-state index contributed by atoms with van der Waals surface area (Å²) in [5.74, 6) is 1.68. The molecule has 0 bridgehead atoms. The molecule has 4 heteroatoms. The van der Waals surface area contributed by atoms with Crippen molar-refractivity contribution in [3.05, 3.63) is 28.3 Å². The Balaban J connectivity index is 1.77. The maximum absolute atomic E-state index is 6.20. The molecule has 0 amide bonds. The largest absolute Gasteiger partial charge is 0.493 e. The van der Waals surface area contributed by atoms with Gasteiger partial charge in [-0.1, -0.05) is 18.5 Å². The van der Waals surface area contributed by atoms with E-state index in [1.165, 1.54) is 17.5 Å². The Hall–Kier alpha value is -0.770. The number of nitrogens with two attached hydrogens (primary N) is 1. The van der Waals surface area contributed by atoms with Crippen molar-refractivity contribution in [2.24, 2.45) is 11.7 Å². The van der Waals surface area contributed by atoms with Crippen LogP contribution in [0.5, 0.6) is 5.75 Å². The minimum absolute atomic E-state index is 0.280. The van der Waals surface area contributed by atoms with Gasteiger partial charge in [0.1, 0.15) is 5.75 Å². The molecular weight excluding hydrogens is 260 g/mol. The second-order valence-corrected chi connectivity index (χ2v) is 6.25. The number of fused-ring (bicyclic) bond motifs is 1. The van der Waals surface area contributed by atoms with Crippen LogP contribution >= 0.6 is 11.6 Å². The molecular formula is C15H21ClN2O. The molecule has 0 aliphatic carbocycles. The number of hydrogen-bond donors (Lipinski definition) is 1. The second kappa shape index (κ2) is 5.31. The van der Waals surface area contributed by atoms with E-state index < -0.39 is 0 Å². The van der Waals surface area contributed by atoms with E-state index in [9.17, 15) is 0 Å². The number of nitrogens with zero attached hydrogens (tertiary/aromatic N) is 1. The summed E-state index contributed by atoms with van der Waals surface area (Å²) >= 11 is 6.20. The lowest BCUT2D eigenvalue weighted by Crippen LogP contribution is -2.47. The molecule has 3 rings (SSSR count). The molecule has 2 aliphatic heterocycles. The molecule has 1 aromatic rings. The van der Waals surface area contributed by atoms with E-state index in [1.807, 2.05) is 12.1 Å². The first-order valence-corrected chi connectivity index (χ1v) is 7.43. The summed E-state index contributed by atoms with van der Waals surface area (Å²) in [7, 11) is 0. The molecule has 2 aliphatic rings. The highest BCUT2D eigenvalue weighted by molar-refractivity contribution is 6.30. The minimum atomic E-state index is 0.280. The predicted molar refractivity (Wildman–Crippen MR) is 77.7 cm³/mol. The monoisotopic (exact) mass is 280 g/mol. The summed E-state index contributed by atoms with van der Waals surface area (Å²) in [5, 5.41) is 0.814. The van der Waals surface area contributed by atoms with E-state index in [4.69, 9.17) is 22.1 Å². The molecule has 1 aromatic carbocycles. The second-order valence-electron chi connectivity index (χ2n) is 5.82. The number of benzene rings is 1. The molecule has 19 heavy (non-hydrogen) atoms. The van der Waals surface area contributed by atoms with Crippen molar-refractivity contribution in [1.29, 1.82) is 0 Å². The smallest absolute Gasteiger partial charge is 0.127 e. The lowest BCUT2D eigenvalue weighted by Gasteiger charge is -2.35. The maximum atomic E-state index is 6.20. The van der Waals surface area contributed by atoms with E-state index in [0.29, 0.717) is 5.92 Å². The standard InChI is InChI=1S/C15H21ClN2O/c1-10-2-4-18(9-14(10)17)8-12-7-13(16)6-11-3-5-19-15(11)12/h6-7,10,14H,2-5,8-9,17H2,1H3. The summed E-state index contributed by atoms with van der Waals surface area (Å²) in [4.78, 5) is 2.41. The quantitative estimate of drug-likeness (QED) is 0.904. The fraction of sp³-hybridized carbons (Fsp3) is 0.600. The van der Waals surface area contributed by atoms with Crippen molar-refractivity contribution >= 4 is 11.6 Å². The highest BCUT2D eigenvalue weighted by atomic mass is 35.5. The highest BCUT2D eigenvalue weighted by Crippen LogP contribution is 2.34. The third-order valence-corrected chi connectivity index (χ3v) is 4.54. The van der Waals surface area contributed by atoms with E-state index in [-0.39, 0.29) is 6.04 Å². The summed E-state index contributed by atoms with van der Waals surface area (Å²) in [5.41, 5.74) is 8.62. The van der Waals surface area contributed by atoms with E-state index >= 15 is 0 Å². The van der Waals surface area contributed by atoms with Crippen LogP contribution in [0.15, 0.2) is 12.1 Å². The molecule has 0 spiro atoms. The van der Waals surface area contributed by atoms with Gasteiger partial charge in [0.2, 0.25) is 0 Å². The molecule has 0 aromatic heterocycles. The molecule has 2 heterocycles. The zero-order valence-corrected chi connectivity index (χ0v) is 12.1. The highest BCUT2D eigenvalue weighted by Gasteiger charge is 2.25. The topological polar surface area (TPSA) is 38.5 Å². The van der Waals surface area contributed by atoms with Gasteiger partial charge in [0.05, 0.1) is 6.61 Å². The number of hydrogen-bond acceptors (Lipinski definition) is 3. The average molecular weight is 281 g/mol. The summed E-state index contributed by atoms with van der Waals surface area (Å²) in [6, 6.07) is 4.34. The van der Waals surface area contributed by atoms with Crippen molar-refractivity contribution in [1.82, 2.24) is 4.90 Å². The van der Waals surface area contributed by atoms with Gasteiger partial charge >= 0.3 is 0 Å². The fourth-order valence-corrected chi connectivity index (χ4v) is 3.28. The Morgan fingerprint density at radius 3 is 3.11 bits per heavy atom. The van der Waals surface area contributed by atoms with Gasteiger partial charge in [-0.2, -0.15) is 0 Å². The van der Waals surface area contributed by atoms with Gasteiger partial charge in [0, 0.05) is 36.1 Å². The number of ether oxygens (including phenoxy) is 1. The average Bonchev–Trinajstić information content (AvgIpc) is 2.82. The molecule has 3 nitrogen and oxygen atoms in total. The normalized spacial score (nSPS) is 27.1. The molecule has 1 fully saturated rings. The van der Waals surface area contributed by atoms with Crippen molar-refractivity contribution < 1.29 is 4.74 Å². The molecule has 0 radical (unpaired) electrons. The first-order valence-electron chi connectivity index (χ1n) is 7.05. The molecule has 2 unspecified atom stereocenters. The first kappa shape index (κ1) is 13.2. The number of halogens is 1. The van der Waals surface area contributed by atoms with Crippen LogP contribution in [0.2, 0.25) is 5.02 Å². The van der Waals surface area contributed by atoms with E-state index in [1.54, 1.807) is 0 Å². The lowest BCUT2D eigenvalue weighted by atomic mass is 9.94. The van der Waals surface area contributed by atoms with Gasteiger partial charge < -0.3 is 10.5 Å². The van der Waals surface area contributed by atoms with Gasteiger partial charge in [0.25, 0.3) is 0 Å². The Morgan fingerprint density at radius 2 is 2.32 bits per heavy atom. The zero-order chi connectivity index (χ0) is 13.4. The Bertz CT molecular complexity index is 477. The Morgan fingerprint density at radius 1 is 1.47 bits per heavy atom. The lowest BCUT2D eigenvalue weighted by molar-refractivity contribution is 0.160. The van der Waals surface area contributed by atoms with Gasteiger partial charge in [-0.3, -0.25) is 4.90 Å². The number of likely N-dealkylation sites (tertiary alicyclic amines) is 1. The van der Waals surface area contributed by atoms with Crippen LogP contribution in [0.25, 0.3) is 0 Å². The van der Waals surface area contributed by atoms with Crippen LogP contribution in [0.4, 0.5) is 0 Å². The van der Waals surface area contributed by atoms with Crippen LogP contribution in [0.3, 0.4) is 0 Å². The van der Waals surface area contributed by atoms with Crippen LogP contribution in [-0.4, -0.2) is 30.6 Å². The number of piperidine rings is 1. The van der Waals surface area contributed by atoms with Crippen molar-refractivity contribution in [3.63, 3.8) is 0 Å². The zero-order valence-electron chi connectivity index (χ0n) is 11.4. The third-order valence-electron chi connectivity index (χ3n) is 4.32. The Kier molecular flexibility index (Phi) is 3.70.